The van der Waals surface area contributed by atoms with Crippen LogP contribution in [0.2, 0.25) is 40.2 Å². The van der Waals surface area contributed by atoms with E-state index in [2.05, 4.69) is 46.1 Å². The van der Waals surface area contributed by atoms with Crippen molar-refractivity contribution < 1.29 is 56.3 Å². The molecule has 8 aromatic carbocycles. The van der Waals surface area contributed by atoms with Gasteiger partial charge >= 0.3 is 0 Å². The van der Waals surface area contributed by atoms with E-state index in [9.17, 15) is 51.6 Å². The largest absolute Gasteiger partial charge is 0.378 e. The van der Waals surface area contributed by atoms with Gasteiger partial charge in [0.25, 0.3) is 47.3 Å². The SMILES string of the molecule is CC(=O)N1CCN(C(=O)c2ccc(C(=O)Nc3ccc(Cl)c(-c4ccccn4)c3)c(Cl)c2)CC1.CN1CCN(C(=O)c2ccc(C(=O)Nc3ccc(Cl)c(-c4ccccn4)c3)c(Cl)c2)CC1.CS(=O)(=O)N1CCN(C(=O)c2ccc(C(=O)Nc3ccc(Cl)c(-c4ccccn4)c3)c(Cl)c2)CC1.O=C(Nc1ccc(Cl)c(-c2ccccn2)c1)c1ccc(C(=O)N2CCOCC2)cc1Cl. The number of benzene rings is 8. The van der Waals surface area contributed by atoms with E-state index < -0.39 is 21.8 Å². The van der Waals surface area contributed by atoms with E-state index in [1.54, 1.807) is 165 Å². The topological polar surface area (TPSA) is 319 Å². The summed E-state index contributed by atoms with van der Waals surface area (Å²) in [6.07, 6.45) is 7.84. The zero-order valence-electron chi connectivity index (χ0n) is 71.2. The Morgan fingerprint density at radius 1 is 0.303 bits per heavy atom. The highest BCUT2D eigenvalue weighted by molar-refractivity contribution is 7.88. The van der Waals surface area contributed by atoms with Crippen LogP contribution in [0.3, 0.4) is 0 Å². The highest BCUT2D eigenvalue weighted by atomic mass is 35.5. The zero-order chi connectivity index (χ0) is 93.9. The maximum Gasteiger partial charge on any atom is 0.257 e. The molecule has 4 N–H and O–H groups in total. The van der Waals surface area contributed by atoms with Gasteiger partial charge in [-0.15, -0.1) is 0 Å². The highest BCUT2D eigenvalue weighted by Gasteiger charge is 2.31. The van der Waals surface area contributed by atoms with Gasteiger partial charge in [-0.2, -0.15) is 4.31 Å². The molecular weight excluding hydrogens is 1870 g/mol. The molecule has 0 saturated carbocycles. The molecule has 16 rings (SSSR count). The first-order valence-corrected chi connectivity index (χ1v) is 46.2. The summed E-state index contributed by atoms with van der Waals surface area (Å²) in [4.78, 5) is 142. The van der Waals surface area contributed by atoms with Crippen molar-refractivity contribution in [2.75, 3.05) is 139 Å². The number of pyridine rings is 4. The number of aromatic nitrogens is 4. The van der Waals surface area contributed by atoms with E-state index in [-0.39, 0.29) is 110 Å². The fraction of sp³-hybridized carbons (Fsp3) is 0.198. The third-order valence-electron chi connectivity index (χ3n) is 21.6. The summed E-state index contributed by atoms with van der Waals surface area (Å²) in [5.74, 6) is -2.27. The predicted octanol–water partition coefficient (Wildman–Crippen LogP) is 18.1. The molecule has 132 heavy (non-hydrogen) atoms. The number of piperazine rings is 3. The number of nitrogens with zero attached hydrogens (tertiary/aromatic N) is 11. The number of ether oxygens (including phenoxy) is 1. The Labute approximate surface area is 801 Å². The lowest BCUT2D eigenvalue weighted by atomic mass is 10.1. The van der Waals surface area contributed by atoms with Gasteiger partial charge in [-0.25, -0.2) is 8.42 Å². The summed E-state index contributed by atoms with van der Waals surface area (Å²) in [6.45, 7) is 9.56. The fourth-order valence-electron chi connectivity index (χ4n) is 14.4. The second-order valence-electron chi connectivity index (χ2n) is 30.5. The van der Waals surface area contributed by atoms with Crippen LogP contribution in [-0.2, 0) is 19.6 Å². The lowest BCUT2D eigenvalue weighted by molar-refractivity contribution is -0.130. The second-order valence-corrected chi connectivity index (χ2v) is 35.7. The van der Waals surface area contributed by atoms with Crippen molar-refractivity contribution in [2.24, 2.45) is 0 Å². The van der Waals surface area contributed by atoms with Gasteiger partial charge in [0.05, 0.1) is 105 Å². The number of hydrogen-bond donors (Lipinski definition) is 4. The third kappa shape index (κ3) is 25.3. The molecule has 0 atom stereocenters. The molecule has 4 aromatic heterocycles. The van der Waals surface area contributed by atoms with Crippen molar-refractivity contribution in [3.05, 3.63) is 328 Å². The number of amides is 9. The van der Waals surface area contributed by atoms with Gasteiger partial charge in [-0.1, -0.05) is 117 Å². The lowest BCUT2D eigenvalue weighted by Gasteiger charge is -2.34. The Hall–Kier alpha value is -12.3. The van der Waals surface area contributed by atoms with Crippen molar-refractivity contribution in [3.8, 4) is 45.0 Å². The van der Waals surface area contributed by atoms with E-state index >= 15 is 0 Å². The molecule has 4 aliphatic heterocycles. The average molecular weight is 1960 g/mol. The first-order valence-electron chi connectivity index (χ1n) is 41.3. The number of anilines is 4. The van der Waals surface area contributed by atoms with E-state index in [1.807, 2.05) is 73.8 Å². The number of likely N-dealkylation sites (N-methyl/N-ethyl adjacent to an activating group) is 1. The first kappa shape index (κ1) is 97.3. The predicted molar refractivity (Wildman–Crippen MR) is 517 cm³/mol. The van der Waals surface area contributed by atoms with Gasteiger partial charge in [-0.3, -0.25) is 63.1 Å². The number of hydrogen-bond acceptors (Lipinski definition) is 17. The van der Waals surface area contributed by atoms with Crippen LogP contribution in [-0.4, -0.2) is 233 Å². The van der Waals surface area contributed by atoms with Crippen molar-refractivity contribution >= 4 is 179 Å². The number of nitrogens with one attached hydrogen (secondary N) is 4. The van der Waals surface area contributed by atoms with Crippen LogP contribution in [0.15, 0.2) is 243 Å². The Morgan fingerprint density at radius 2 is 0.553 bits per heavy atom. The van der Waals surface area contributed by atoms with Crippen LogP contribution in [0.5, 0.6) is 0 Å². The molecule has 27 nitrogen and oxygen atoms in total. The van der Waals surface area contributed by atoms with Gasteiger partial charge in [0, 0.05) is 191 Å². The summed E-state index contributed by atoms with van der Waals surface area (Å²) in [6, 6.07) is 61.1. The molecule has 9 amide bonds. The van der Waals surface area contributed by atoms with Crippen LogP contribution < -0.4 is 21.3 Å². The Bertz CT molecular complexity index is 6420. The molecule has 12 aromatic rings. The third-order valence-corrected chi connectivity index (χ3v) is 25.5. The second kappa shape index (κ2) is 45.2. The average Bonchev–Trinajstić information content (AvgIpc) is 0.774. The zero-order valence-corrected chi connectivity index (χ0v) is 78.0. The Morgan fingerprint density at radius 3 is 0.795 bits per heavy atom. The molecule has 8 heterocycles. The molecular formula is C96H85Cl8N15O12S. The van der Waals surface area contributed by atoms with E-state index in [4.69, 9.17) is 97.5 Å². The summed E-state index contributed by atoms with van der Waals surface area (Å²) in [5, 5.41) is 14.1. The smallest absolute Gasteiger partial charge is 0.257 e. The number of carbonyl (C=O) groups excluding carboxylic acids is 9. The first-order chi connectivity index (χ1) is 63.4. The molecule has 36 heteroatoms. The lowest BCUT2D eigenvalue weighted by Crippen LogP contribution is -2.50. The summed E-state index contributed by atoms with van der Waals surface area (Å²) < 4.78 is 30.0. The molecule has 678 valence electrons. The van der Waals surface area contributed by atoms with Crippen molar-refractivity contribution in [3.63, 3.8) is 0 Å². The van der Waals surface area contributed by atoms with Crippen molar-refractivity contribution in [1.82, 2.24) is 53.6 Å². The number of carbonyl (C=O) groups is 9. The molecule has 0 spiro atoms. The number of halogens is 8. The highest BCUT2D eigenvalue weighted by Crippen LogP contribution is 2.36. The summed E-state index contributed by atoms with van der Waals surface area (Å²) in [5.41, 5.74) is 10.4. The van der Waals surface area contributed by atoms with Gasteiger partial charge in [0.15, 0.2) is 0 Å². The molecule has 4 aliphatic rings. The molecule has 4 fully saturated rings. The Balaban J connectivity index is 0.000000150. The standard InChI is InChI=1S/C25H22Cl2N4O3.C24H22Cl2N4O4S.C24H22Cl2N4O2.C23H19Cl2N3O3/c1-16(32)30-10-12-31(13-11-30)25(34)17-5-7-19(22(27)14-17)24(33)29-18-6-8-21(26)20(15-18)23-4-2-3-9-28-23;1-35(33,34)30-12-10-29(11-13-30)24(32)16-5-7-18(21(26)14-16)23(31)28-17-6-8-20(25)19(15-17)22-4-2-3-9-27-22;1-29-10-12-30(13-11-29)24(32)16-5-7-18(21(26)14-16)23(31)28-17-6-8-20(25)19(15-17)22-4-2-3-9-27-22;24-19-7-5-16(14-18(19)21-3-1-2-8-26-21)27-22(29)17-6-4-15(13-20(17)25)23(30)28-9-11-31-12-10-28/h2-9,14-15H,10-13H2,1H3,(H,29,33);2-9,14-15H,10-13H2,1H3,(H,28,31);2-9,14-15H,10-13H2,1H3,(H,28,31);1-8,13-14H,9-12H2,(H,27,29). The number of sulfonamides is 1. The van der Waals surface area contributed by atoms with Crippen molar-refractivity contribution in [1.29, 1.82) is 0 Å². The molecule has 0 aliphatic carbocycles. The molecule has 0 bridgehead atoms. The van der Waals surface area contributed by atoms with E-state index in [1.165, 1.54) is 47.6 Å². The summed E-state index contributed by atoms with van der Waals surface area (Å²) >= 11 is 50.7. The van der Waals surface area contributed by atoms with Gasteiger partial charge in [0.1, 0.15) is 0 Å². The molecule has 0 radical (unpaired) electrons. The van der Waals surface area contributed by atoms with Crippen LogP contribution in [0.25, 0.3) is 45.0 Å². The monoisotopic (exact) mass is 1950 g/mol. The van der Waals surface area contributed by atoms with Gasteiger partial charge in [0.2, 0.25) is 15.9 Å². The summed E-state index contributed by atoms with van der Waals surface area (Å²) in [7, 11) is -1.26. The molecule has 4 saturated heterocycles. The van der Waals surface area contributed by atoms with Crippen LogP contribution in [0.1, 0.15) is 89.8 Å². The van der Waals surface area contributed by atoms with Crippen LogP contribution in [0, 0.1) is 0 Å². The maximum absolute atomic E-state index is 12.9. The van der Waals surface area contributed by atoms with Gasteiger partial charge < -0.3 is 55.4 Å². The Kier molecular flexibility index (Phi) is 33.3. The number of morpholine rings is 1. The maximum atomic E-state index is 12.9. The minimum atomic E-state index is -3.29. The molecule has 0 unspecified atom stereocenters. The van der Waals surface area contributed by atoms with E-state index in [0.29, 0.717) is 176 Å². The van der Waals surface area contributed by atoms with Crippen LogP contribution in [0.4, 0.5) is 22.7 Å². The van der Waals surface area contributed by atoms with Gasteiger partial charge in [-0.05, 0) is 201 Å². The van der Waals surface area contributed by atoms with E-state index in [0.717, 1.165) is 19.3 Å². The minimum Gasteiger partial charge on any atom is -0.378 e. The fourth-order valence-corrected chi connectivity index (χ4v) is 17.1. The van der Waals surface area contributed by atoms with Crippen LogP contribution >= 0.6 is 92.8 Å². The quantitative estimate of drug-likeness (QED) is 0.0658. The normalized spacial score (nSPS) is 14.0. The van der Waals surface area contributed by atoms with Crippen molar-refractivity contribution in [2.45, 2.75) is 6.92 Å². The minimum absolute atomic E-state index is 0.00153. The number of rotatable bonds is 17.